The molecular formula is C19H30IN3O2. The minimum atomic E-state index is 0. The average Bonchev–Trinajstić information content (AvgIpc) is 3.34. The van der Waals surface area contributed by atoms with Gasteiger partial charge in [-0.25, -0.2) is 0 Å². The lowest BCUT2D eigenvalue weighted by Gasteiger charge is -2.26. The smallest absolute Gasteiger partial charge is 0.194 e. The summed E-state index contributed by atoms with van der Waals surface area (Å²) >= 11 is 0. The molecule has 0 radical (unpaired) electrons. The first-order valence-corrected chi connectivity index (χ1v) is 9.48. The van der Waals surface area contributed by atoms with Crippen LogP contribution in [0, 0.1) is 11.8 Å². The Balaban J connectivity index is 0.00000182. The van der Waals surface area contributed by atoms with E-state index < -0.39 is 0 Å². The molecule has 1 aromatic heterocycles. The molecule has 5 atom stereocenters. The van der Waals surface area contributed by atoms with Gasteiger partial charge >= 0.3 is 0 Å². The number of furan rings is 1. The van der Waals surface area contributed by atoms with Crippen LogP contribution in [-0.2, 0) is 11.2 Å². The number of halogens is 1. The summed E-state index contributed by atoms with van der Waals surface area (Å²) in [6, 6.07) is 4.40. The number of hydrogen-bond acceptors (Lipinski definition) is 3. The van der Waals surface area contributed by atoms with Gasteiger partial charge in [-0.15, -0.1) is 24.0 Å². The molecule has 6 heteroatoms. The van der Waals surface area contributed by atoms with E-state index in [1.807, 2.05) is 12.1 Å². The summed E-state index contributed by atoms with van der Waals surface area (Å²) in [6.45, 7) is 7.39. The van der Waals surface area contributed by atoms with Gasteiger partial charge in [-0.1, -0.05) is 6.92 Å². The van der Waals surface area contributed by atoms with Crippen LogP contribution in [0.5, 0.6) is 0 Å². The van der Waals surface area contributed by atoms with Crippen molar-refractivity contribution in [1.82, 2.24) is 10.2 Å². The molecule has 5 unspecified atom stereocenters. The van der Waals surface area contributed by atoms with E-state index in [9.17, 15) is 0 Å². The number of fused-ring (bicyclic) bond motifs is 5. The van der Waals surface area contributed by atoms with Crippen LogP contribution in [0.15, 0.2) is 27.8 Å². The zero-order valence-corrected chi connectivity index (χ0v) is 17.5. The lowest BCUT2D eigenvalue weighted by Crippen LogP contribution is -2.45. The van der Waals surface area contributed by atoms with E-state index in [1.165, 1.54) is 12.8 Å². The summed E-state index contributed by atoms with van der Waals surface area (Å²) < 4.78 is 11.5. The van der Waals surface area contributed by atoms with Gasteiger partial charge in [0.05, 0.1) is 18.5 Å². The highest BCUT2D eigenvalue weighted by molar-refractivity contribution is 14.0. The maximum absolute atomic E-state index is 6.10. The van der Waals surface area contributed by atoms with Gasteiger partial charge in [0.2, 0.25) is 0 Å². The molecule has 0 spiro atoms. The summed E-state index contributed by atoms with van der Waals surface area (Å²) in [5, 5.41) is 3.63. The van der Waals surface area contributed by atoms with Crippen LogP contribution in [0.4, 0.5) is 0 Å². The Labute approximate surface area is 167 Å². The Morgan fingerprint density at radius 3 is 2.64 bits per heavy atom. The van der Waals surface area contributed by atoms with E-state index in [0.29, 0.717) is 30.1 Å². The molecule has 2 bridgehead atoms. The number of hydrogen-bond donors (Lipinski definition) is 1. The number of aliphatic imine (C=N–C) groups is 1. The van der Waals surface area contributed by atoms with Crippen LogP contribution in [0.3, 0.4) is 0 Å². The molecule has 4 heterocycles. The Kier molecular flexibility index (Phi) is 6.30. The van der Waals surface area contributed by atoms with Crippen LogP contribution in [0.25, 0.3) is 0 Å². The molecule has 25 heavy (non-hydrogen) atoms. The number of guanidine groups is 1. The fourth-order valence-electron chi connectivity index (χ4n) is 4.42. The van der Waals surface area contributed by atoms with Crippen molar-refractivity contribution in [3.63, 3.8) is 0 Å². The maximum atomic E-state index is 6.10. The van der Waals surface area contributed by atoms with Crippen LogP contribution >= 0.6 is 24.0 Å². The van der Waals surface area contributed by atoms with E-state index in [1.54, 1.807) is 6.26 Å². The van der Waals surface area contributed by atoms with E-state index in [2.05, 4.69) is 24.1 Å². The summed E-state index contributed by atoms with van der Waals surface area (Å²) in [4.78, 5) is 7.37. The fourth-order valence-corrected chi connectivity index (χ4v) is 4.42. The van der Waals surface area contributed by atoms with Crippen LogP contribution < -0.4 is 5.32 Å². The Morgan fingerprint density at radius 1 is 1.32 bits per heavy atom. The molecule has 0 amide bonds. The normalized spacial score (nSPS) is 31.8. The Bertz CT molecular complexity index is 559. The number of nitrogens with one attached hydrogen (secondary N) is 1. The second kappa shape index (κ2) is 8.29. The second-order valence-corrected chi connectivity index (χ2v) is 7.51. The fraction of sp³-hybridized carbons (Fsp3) is 0.737. The third-order valence-corrected chi connectivity index (χ3v) is 5.94. The largest absolute Gasteiger partial charge is 0.469 e. The highest BCUT2D eigenvalue weighted by Crippen LogP contribution is 2.47. The van der Waals surface area contributed by atoms with Crippen LogP contribution in [0.2, 0.25) is 0 Å². The van der Waals surface area contributed by atoms with E-state index >= 15 is 0 Å². The molecule has 3 aliphatic heterocycles. The summed E-state index contributed by atoms with van der Waals surface area (Å²) in [5.41, 5.74) is 0. The van der Waals surface area contributed by atoms with Gasteiger partial charge in [-0.05, 0) is 38.3 Å². The standard InChI is InChI=1S/C19H29N3O2.HI/c1-3-13(2)21-19(20-9-8-14-5-4-10-23-14)22-11-15-16(12-22)18-7-6-17(15)24-18;/h4-5,10,13,15-18H,3,6-9,11-12H2,1-2H3,(H,20,21);1H. The van der Waals surface area contributed by atoms with E-state index in [4.69, 9.17) is 14.1 Å². The monoisotopic (exact) mass is 459 g/mol. The zero-order chi connectivity index (χ0) is 16.5. The van der Waals surface area contributed by atoms with Crippen molar-refractivity contribution in [2.45, 2.75) is 57.8 Å². The van der Waals surface area contributed by atoms with Gasteiger partial charge in [0.15, 0.2) is 5.96 Å². The number of rotatable bonds is 5. The van der Waals surface area contributed by atoms with Gasteiger partial charge < -0.3 is 19.4 Å². The third-order valence-electron chi connectivity index (χ3n) is 5.94. The first-order chi connectivity index (χ1) is 11.7. The molecule has 3 aliphatic rings. The molecule has 0 aliphatic carbocycles. The summed E-state index contributed by atoms with van der Waals surface area (Å²) in [5.74, 6) is 3.49. The van der Waals surface area contributed by atoms with Gasteiger partial charge in [-0.3, -0.25) is 4.99 Å². The van der Waals surface area contributed by atoms with E-state index in [-0.39, 0.29) is 24.0 Å². The molecule has 5 nitrogen and oxygen atoms in total. The number of likely N-dealkylation sites (tertiary alicyclic amines) is 1. The van der Waals surface area contributed by atoms with Crippen molar-refractivity contribution in [3.8, 4) is 0 Å². The predicted molar refractivity (Wildman–Crippen MR) is 109 cm³/mol. The highest BCUT2D eigenvalue weighted by Gasteiger charge is 2.53. The van der Waals surface area contributed by atoms with Gasteiger partial charge in [-0.2, -0.15) is 0 Å². The minimum absolute atomic E-state index is 0. The highest BCUT2D eigenvalue weighted by atomic mass is 127. The summed E-state index contributed by atoms with van der Waals surface area (Å²) in [7, 11) is 0. The van der Waals surface area contributed by atoms with Crippen LogP contribution in [0.1, 0.15) is 38.9 Å². The van der Waals surface area contributed by atoms with Crippen molar-refractivity contribution in [2.75, 3.05) is 19.6 Å². The van der Waals surface area contributed by atoms with Gasteiger partial charge in [0.25, 0.3) is 0 Å². The molecular weight excluding hydrogens is 429 g/mol. The van der Waals surface area contributed by atoms with Crippen molar-refractivity contribution in [2.24, 2.45) is 16.8 Å². The zero-order valence-electron chi connectivity index (χ0n) is 15.2. The van der Waals surface area contributed by atoms with Crippen molar-refractivity contribution in [3.05, 3.63) is 24.2 Å². The SMILES string of the molecule is CCC(C)NC(=NCCc1ccco1)N1CC2C3CCC(O3)C2C1.I. The molecule has 1 aromatic rings. The first-order valence-electron chi connectivity index (χ1n) is 9.48. The minimum Gasteiger partial charge on any atom is -0.469 e. The predicted octanol–water partition coefficient (Wildman–Crippen LogP) is 3.29. The Hall–Kier alpha value is -0.760. The lowest BCUT2D eigenvalue weighted by molar-refractivity contribution is 0.0766. The van der Waals surface area contributed by atoms with Crippen LogP contribution in [-0.4, -0.2) is 48.7 Å². The molecule has 0 saturated carbocycles. The molecule has 0 aromatic carbocycles. The number of ether oxygens (including phenoxy) is 1. The molecule has 4 rings (SSSR count). The van der Waals surface area contributed by atoms with E-state index in [0.717, 1.165) is 44.2 Å². The average molecular weight is 459 g/mol. The Morgan fingerprint density at radius 2 is 2.04 bits per heavy atom. The molecule has 3 fully saturated rings. The topological polar surface area (TPSA) is 50.0 Å². The quantitative estimate of drug-likeness (QED) is 0.417. The van der Waals surface area contributed by atoms with Crippen molar-refractivity contribution >= 4 is 29.9 Å². The van der Waals surface area contributed by atoms with Crippen molar-refractivity contribution < 1.29 is 9.15 Å². The number of nitrogens with zero attached hydrogens (tertiary/aromatic N) is 2. The third kappa shape index (κ3) is 3.99. The van der Waals surface area contributed by atoms with Crippen molar-refractivity contribution in [1.29, 1.82) is 0 Å². The first kappa shape index (κ1) is 19.0. The van der Waals surface area contributed by atoms with Gasteiger partial charge in [0, 0.05) is 43.9 Å². The van der Waals surface area contributed by atoms with Gasteiger partial charge in [0.1, 0.15) is 5.76 Å². The lowest BCUT2D eigenvalue weighted by atomic mass is 9.82. The summed E-state index contributed by atoms with van der Waals surface area (Å²) in [6.07, 6.45) is 7.19. The second-order valence-electron chi connectivity index (χ2n) is 7.51. The maximum Gasteiger partial charge on any atom is 0.194 e. The molecule has 3 saturated heterocycles. The molecule has 140 valence electrons. The molecule has 1 N–H and O–H groups in total.